The molecular formula is C51H29N3O2S. The molecule has 0 amide bonds. The summed E-state index contributed by atoms with van der Waals surface area (Å²) in [6.07, 6.45) is 0. The maximum absolute atomic E-state index is 10.3. The minimum absolute atomic E-state index is 0.219. The quantitative estimate of drug-likeness (QED) is 0.174. The summed E-state index contributed by atoms with van der Waals surface area (Å²) < 4.78 is 271. The summed E-state index contributed by atoms with van der Waals surface area (Å²) in [5.41, 5.74) is -7.27. The Morgan fingerprint density at radius 2 is 1.00 bits per heavy atom. The van der Waals surface area contributed by atoms with E-state index in [1.807, 2.05) is 0 Å². The van der Waals surface area contributed by atoms with Crippen molar-refractivity contribution in [1.29, 1.82) is 0 Å². The Morgan fingerprint density at radius 1 is 0.368 bits per heavy atom. The third kappa shape index (κ3) is 5.12. The second-order valence-electron chi connectivity index (χ2n) is 12.1. The van der Waals surface area contributed by atoms with Gasteiger partial charge in [0.1, 0.15) is 22.3 Å². The molecule has 0 unspecified atom stereocenters. The first-order valence-electron chi connectivity index (χ1n) is 31.1. The van der Waals surface area contributed by atoms with Crippen LogP contribution in [0.2, 0.25) is 0 Å². The highest BCUT2D eigenvalue weighted by Crippen LogP contribution is 2.47. The van der Waals surface area contributed by atoms with Crippen molar-refractivity contribution in [3.8, 4) is 56.4 Å². The minimum Gasteiger partial charge on any atom is -0.456 e. The average Bonchev–Trinajstić information content (AvgIpc) is 1.49. The molecule has 0 fully saturated rings. The summed E-state index contributed by atoms with van der Waals surface area (Å²) in [6, 6.07) is -24.4. The highest BCUT2D eigenvalue weighted by atomic mass is 32.1. The van der Waals surface area contributed by atoms with Gasteiger partial charge in [-0.1, -0.05) is 133 Å². The number of hydrogen-bond donors (Lipinski definition) is 0. The van der Waals surface area contributed by atoms with Crippen LogP contribution in [-0.2, 0) is 0 Å². The standard InChI is InChI=1S/C51H29N3O2S/c1-3-13-30(14-4-1)49-52-50(31-15-5-2-6-16-31)54-51(53-49)32-25-26-35-36-20-11-21-37(48(36)56-43(35)28-32)40-27-33(29-45-47(40)39-18-8-10-24-44(39)57-45)34-19-12-23-42-46(34)38-17-7-9-22-41(38)55-42/h1-29H/i1D,2D,3D,4D,5D,6D,7D,8D,9D,10D,11D,12D,13D,14D,15D,16D,17D,18D,19D,20D,21D,22D,23D,24D,25D,26D,27D,28D,29D. The molecule has 6 heteroatoms. The van der Waals surface area contributed by atoms with Crippen LogP contribution in [0.5, 0.6) is 0 Å². The summed E-state index contributed by atoms with van der Waals surface area (Å²) >= 11 is 0.591. The molecule has 0 atom stereocenters. The maximum atomic E-state index is 10.3. The molecule has 12 aromatic rings. The van der Waals surface area contributed by atoms with Crippen molar-refractivity contribution in [2.75, 3.05) is 0 Å². The van der Waals surface area contributed by atoms with Gasteiger partial charge in [0.15, 0.2) is 17.5 Å². The van der Waals surface area contributed by atoms with Gasteiger partial charge in [-0.05, 0) is 59.0 Å². The van der Waals surface area contributed by atoms with Crippen LogP contribution in [0.3, 0.4) is 0 Å². The van der Waals surface area contributed by atoms with Gasteiger partial charge in [0.25, 0.3) is 0 Å². The van der Waals surface area contributed by atoms with E-state index in [9.17, 15) is 13.7 Å². The molecule has 0 radical (unpaired) electrons. The zero-order valence-electron chi connectivity index (χ0n) is 57.1. The number of aromatic nitrogens is 3. The van der Waals surface area contributed by atoms with Crippen LogP contribution in [0.15, 0.2) is 184 Å². The van der Waals surface area contributed by atoms with Crippen molar-refractivity contribution >= 4 is 75.4 Å². The Kier molecular flexibility index (Phi) is 3.22. The lowest BCUT2D eigenvalue weighted by Crippen LogP contribution is -2.00. The van der Waals surface area contributed by atoms with E-state index in [2.05, 4.69) is 15.0 Å². The van der Waals surface area contributed by atoms with Crippen LogP contribution in [0.25, 0.3) is 120 Å². The van der Waals surface area contributed by atoms with Gasteiger partial charge >= 0.3 is 0 Å². The summed E-state index contributed by atoms with van der Waals surface area (Å²) in [6.45, 7) is 0. The van der Waals surface area contributed by atoms with Gasteiger partial charge in [-0.25, -0.2) is 15.0 Å². The van der Waals surface area contributed by atoms with Gasteiger partial charge in [0, 0.05) is 64.0 Å². The fourth-order valence-corrected chi connectivity index (χ4v) is 7.50. The van der Waals surface area contributed by atoms with E-state index in [0.29, 0.717) is 11.3 Å². The Balaban J connectivity index is 1.26. The first-order chi connectivity index (χ1) is 40.3. The number of rotatable bonds is 5. The molecule has 12 rings (SSSR count). The van der Waals surface area contributed by atoms with Crippen molar-refractivity contribution in [1.82, 2.24) is 15.0 Å². The topological polar surface area (TPSA) is 65.0 Å². The lowest BCUT2D eigenvalue weighted by molar-refractivity contribution is 0.669. The Labute approximate surface area is 370 Å². The summed E-state index contributed by atoms with van der Waals surface area (Å²) in [7, 11) is 0. The van der Waals surface area contributed by atoms with Gasteiger partial charge in [0.2, 0.25) is 0 Å². The van der Waals surface area contributed by atoms with Crippen LogP contribution in [0.4, 0.5) is 0 Å². The Morgan fingerprint density at radius 3 is 1.79 bits per heavy atom. The highest BCUT2D eigenvalue weighted by Gasteiger charge is 2.21. The molecule has 0 aliphatic carbocycles. The molecule has 0 saturated carbocycles. The molecule has 0 aliphatic rings. The van der Waals surface area contributed by atoms with E-state index in [1.165, 1.54) is 0 Å². The van der Waals surface area contributed by atoms with E-state index in [4.69, 9.17) is 34.9 Å². The Hall–Kier alpha value is -7.41. The molecule has 5 nitrogen and oxygen atoms in total. The van der Waals surface area contributed by atoms with Crippen molar-refractivity contribution < 1.29 is 48.6 Å². The minimum atomic E-state index is -0.969. The summed E-state index contributed by atoms with van der Waals surface area (Å²) in [4.78, 5) is 12.8. The van der Waals surface area contributed by atoms with Crippen molar-refractivity contribution in [3.63, 3.8) is 0 Å². The van der Waals surface area contributed by atoms with E-state index < -0.39 is 276 Å². The normalized spacial score (nSPS) is 19.0. The lowest BCUT2D eigenvalue weighted by atomic mass is 9.92. The van der Waals surface area contributed by atoms with Crippen LogP contribution in [0.1, 0.15) is 39.8 Å². The van der Waals surface area contributed by atoms with E-state index >= 15 is 0 Å². The zero-order chi connectivity index (χ0) is 62.7. The van der Waals surface area contributed by atoms with Gasteiger partial charge < -0.3 is 8.83 Å². The fourth-order valence-electron chi connectivity index (χ4n) is 6.48. The monoisotopic (exact) mass is 776 g/mol. The number of furan rings is 2. The lowest BCUT2D eigenvalue weighted by Gasteiger charge is -2.11. The average molecular weight is 777 g/mol. The van der Waals surface area contributed by atoms with E-state index in [1.54, 1.807) is 0 Å². The molecule has 0 N–H and O–H groups in total. The molecule has 266 valence electrons. The number of nitrogens with zero attached hydrogens (tertiary/aromatic N) is 3. The SMILES string of the molecule is [2H]c1c([2H])c([2H])c(-c2nc(-c3c([2H])c([2H])c([2H])c([2H])c3[2H])nc(-c3c([2H])c([2H])c4c(oc5c(-c6c([2H])c(-c7c([2H])c([2H])c([2H])c8oc9c([2H])c([2H])c([2H])c([2H])c9c78)c([2H])c7sc8c([2H])c([2H])c([2H])c([2H])c8c67)c([2H])c([2H])c([2H])c54)c3[2H])n2)c([2H])c1[2H]. The highest BCUT2D eigenvalue weighted by molar-refractivity contribution is 7.26. The zero-order valence-corrected chi connectivity index (χ0v) is 28.9. The molecule has 4 aromatic heterocycles. The first-order valence-corrected chi connectivity index (χ1v) is 17.4. The van der Waals surface area contributed by atoms with Crippen LogP contribution >= 0.6 is 11.3 Å². The van der Waals surface area contributed by atoms with Crippen LogP contribution < -0.4 is 0 Å². The summed E-state index contributed by atoms with van der Waals surface area (Å²) in [5.74, 6) is -2.44. The molecule has 57 heavy (non-hydrogen) atoms. The molecule has 4 heterocycles. The molecule has 0 aliphatic heterocycles. The van der Waals surface area contributed by atoms with Gasteiger partial charge in [-0.3, -0.25) is 0 Å². The molecule has 8 aromatic carbocycles. The van der Waals surface area contributed by atoms with Gasteiger partial charge in [-0.2, -0.15) is 0 Å². The number of para-hydroxylation sites is 2. The van der Waals surface area contributed by atoms with Gasteiger partial charge in [-0.15, -0.1) is 11.3 Å². The number of hydrogen-bond acceptors (Lipinski definition) is 6. The smallest absolute Gasteiger partial charge is 0.164 e. The van der Waals surface area contributed by atoms with Crippen molar-refractivity contribution in [2.45, 2.75) is 0 Å². The van der Waals surface area contributed by atoms with Crippen LogP contribution in [-0.4, -0.2) is 15.0 Å². The number of benzene rings is 8. The molecule has 0 bridgehead atoms. The third-order valence-corrected chi connectivity index (χ3v) is 9.91. The second kappa shape index (κ2) is 12.6. The maximum Gasteiger partial charge on any atom is 0.164 e. The number of fused-ring (bicyclic) bond motifs is 9. The summed E-state index contributed by atoms with van der Waals surface area (Å²) in [5, 5.41) is -2.71. The van der Waals surface area contributed by atoms with Gasteiger partial charge in [0.05, 0.1) is 39.8 Å². The van der Waals surface area contributed by atoms with E-state index in [-0.39, 0.29) is 20.2 Å². The van der Waals surface area contributed by atoms with Crippen LogP contribution in [0, 0.1) is 0 Å². The molecule has 0 saturated heterocycles. The largest absolute Gasteiger partial charge is 0.456 e. The number of thiophene rings is 1. The molecular weight excluding hydrogens is 719 g/mol. The predicted molar refractivity (Wildman–Crippen MR) is 234 cm³/mol. The predicted octanol–water partition coefficient (Wildman–Crippen LogP) is 14.4. The third-order valence-electron chi connectivity index (χ3n) is 8.89. The first kappa shape index (κ1) is 14.6. The molecule has 0 spiro atoms. The van der Waals surface area contributed by atoms with E-state index in [0.717, 1.165) is 0 Å². The Bertz CT molecular complexity index is 5100. The fraction of sp³-hybridized carbons (Fsp3) is 0. The van der Waals surface area contributed by atoms with Crippen molar-refractivity contribution in [3.05, 3.63) is 175 Å². The van der Waals surface area contributed by atoms with Crippen molar-refractivity contribution in [2.24, 2.45) is 0 Å². The second-order valence-corrected chi connectivity index (χ2v) is 13.1.